The molecular weight excluding hydrogens is 120 g/mol. The molecule has 0 spiro atoms. The molecule has 0 aromatic carbocycles. The van der Waals surface area contributed by atoms with E-state index in [9.17, 15) is 0 Å². The van der Waals surface area contributed by atoms with E-state index in [0.29, 0.717) is 0 Å². The molecule has 0 aromatic heterocycles. The van der Waals surface area contributed by atoms with Crippen molar-refractivity contribution in [3.05, 3.63) is 36.5 Å². The summed E-state index contributed by atoms with van der Waals surface area (Å²) in [4.78, 5) is 0. The highest BCUT2D eigenvalue weighted by atomic mass is 14.3. The van der Waals surface area contributed by atoms with Crippen LogP contribution in [0.3, 0.4) is 0 Å². The normalized spacial score (nSPS) is 36.6. The van der Waals surface area contributed by atoms with Gasteiger partial charge >= 0.3 is 0 Å². The summed E-state index contributed by atoms with van der Waals surface area (Å²) >= 11 is 0. The van der Waals surface area contributed by atoms with Gasteiger partial charge in [-0.1, -0.05) is 36.5 Å². The van der Waals surface area contributed by atoms with Crippen molar-refractivity contribution in [3.63, 3.8) is 0 Å². The SMILES string of the molecule is C=C1C=CC2CC=CCC12. The number of fused-ring (bicyclic) bond motifs is 1. The van der Waals surface area contributed by atoms with Crippen molar-refractivity contribution in [2.75, 3.05) is 0 Å². The molecule has 52 valence electrons. The Kier molecular flexibility index (Phi) is 1.26. The molecular formula is C10H12. The van der Waals surface area contributed by atoms with Crippen LogP contribution in [0.25, 0.3) is 0 Å². The zero-order valence-corrected chi connectivity index (χ0v) is 6.09. The molecule has 0 amide bonds. The molecule has 0 aromatic rings. The second-order valence-electron chi connectivity index (χ2n) is 3.15. The first kappa shape index (κ1) is 5.96. The average molecular weight is 132 g/mol. The van der Waals surface area contributed by atoms with Crippen molar-refractivity contribution in [2.24, 2.45) is 11.8 Å². The first-order valence-corrected chi connectivity index (χ1v) is 3.90. The molecule has 0 radical (unpaired) electrons. The summed E-state index contributed by atoms with van der Waals surface area (Å²) in [6.07, 6.45) is 11.5. The Morgan fingerprint density at radius 1 is 1.30 bits per heavy atom. The van der Waals surface area contributed by atoms with Gasteiger partial charge in [0.05, 0.1) is 0 Å². The van der Waals surface area contributed by atoms with Crippen molar-refractivity contribution in [3.8, 4) is 0 Å². The highest BCUT2D eigenvalue weighted by Gasteiger charge is 2.25. The van der Waals surface area contributed by atoms with Crippen LogP contribution in [-0.2, 0) is 0 Å². The molecule has 0 saturated heterocycles. The monoisotopic (exact) mass is 132 g/mol. The minimum absolute atomic E-state index is 0.741. The average Bonchev–Trinajstić information content (AvgIpc) is 2.34. The maximum atomic E-state index is 4.02. The van der Waals surface area contributed by atoms with Crippen molar-refractivity contribution in [2.45, 2.75) is 12.8 Å². The van der Waals surface area contributed by atoms with Crippen LogP contribution in [0.4, 0.5) is 0 Å². The van der Waals surface area contributed by atoms with Crippen LogP contribution >= 0.6 is 0 Å². The Morgan fingerprint density at radius 3 is 2.90 bits per heavy atom. The van der Waals surface area contributed by atoms with Gasteiger partial charge < -0.3 is 0 Å². The van der Waals surface area contributed by atoms with E-state index in [2.05, 4.69) is 30.9 Å². The van der Waals surface area contributed by atoms with Crippen LogP contribution < -0.4 is 0 Å². The van der Waals surface area contributed by atoms with E-state index in [1.54, 1.807) is 0 Å². The van der Waals surface area contributed by atoms with Crippen molar-refractivity contribution < 1.29 is 0 Å². The molecule has 0 nitrogen and oxygen atoms in total. The van der Waals surface area contributed by atoms with Gasteiger partial charge in [-0.3, -0.25) is 0 Å². The fourth-order valence-corrected chi connectivity index (χ4v) is 1.85. The summed E-state index contributed by atoms with van der Waals surface area (Å²) in [6, 6.07) is 0. The molecule has 0 bridgehead atoms. The predicted octanol–water partition coefficient (Wildman–Crippen LogP) is 2.69. The lowest BCUT2D eigenvalue weighted by Gasteiger charge is -2.20. The van der Waals surface area contributed by atoms with E-state index in [0.717, 1.165) is 11.8 Å². The Labute approximate surface area is 61.9 Å². The molecule has 2 aliphatic rings. The van der Waals surface area contributed by atoms with Gasteiger partial charge in [-0.15, -0.1) is 0 Å². The van der Waals surface area contributed by atoms with Crippen molar-refractivity contribution in [1.29, 1.82) is 0 Å². The van der Waals surface area contributed by atoms with Crippen LogP contribution in [0.5, 0.6) is 0 Å². The molecule has 2 rings (SSSR count). The lowest BCUT2D eigenvalue weighted by Crippen LogP contribution is -2.10. The summed E-state index contributed by atoms with van der Waals surface area (Å²) in [5.74, 6) is 1.52. The quantitative estimate of drug-likeness (QED) is 0.444. The lowest BCUT2D eigenvalue weighted by molar-refractivity contribution is 0.471. The second-order valence-corrected chi connectivity index (χ2v) is 3.15. The van der Waals surface area contributed by atoms with E-state index in [-0.39, 0.29) is 0 Å². The Hall–Kier alpha value is -0.780. The highest BCUT2D eigenvalue weighted by Crippen LogP contribution is 2.37. The van der Waals surface area contributed by atoms with E-state index in [1.807, 2.05) is 0 Å². The van der Waals surface area contributed by atoms with Gasteiger partial charge in [-0.2, -0.15) is 0 Å². The largest absolute Gasteiger partial charge is 0.0955 e. The standard InChI is InChI=1S/C10H12/c1-8-6-7-9-4-2-3-5-10(8)9/h2-3,6-7,9-10H,1,4-5H2. The molecule has 2 aliphatic carbocycles. The number of allylic oxidation sites excluding steroid dienone is 5. The summed E-state index contributed by atoms with van der Waals surface area (Å²) in [6.45, 7) is 4.02. The third-order valence-electron chi connectivity index (χ3n) is 2.52. The molecule has 0 heteroatoms. The number of hydrogen-bond acceptors (Lipinski definition) is 0. The zero-order valence-electron chi connectivity index (χ0n) is 6.09. The van der Waals surface area contributed by atoms with E-state index in [1.165, 1.54) is 18.4 Å². The lowest BCUT2D eigenvalue weighted by atomic mass is 9.84. The topological polar surface area (TPSA) is 0 Å². The number of rotatable bonds is 0. The van der Waals surface area contributed by atoms with Gasteiger partial charge in [0.1, 0.15) is 0 Å². The number of hydrogen-bond donors (Lipinski definition) is 0. The van der Waals surface area contributed by atoms with Gasteiger partial charge in [0.2, 0.25) is 0 Å². The van der Waals surface area contributed by atoms with Gasteiger partial charge in [-0.25, -0.2) is 0 Å². The first-order chi connectivity index (χ1) is 4.88. The minimum atomic E-state index is 0.741. The molecule has 10 heavy (non-hydrogen) atoms. The smallest absolute Gasteiger partial charge is 0.00673 e. The van der Waals surface area contributed by atoms with Gasteiger partial charge in [0.15, 0.2) is 0 Å². The minimum Gasteiger partial charge on any atom is -0.0955 e. The van der Waals surface area contributed by atoms with Crippen molar-refractivity contribution >= 4 is 0 Å². The summed E-state index contributed by atoms with van der Waals surface area (Å²) in [7, 11) is 0. The molecule has 2 unspecified atom stereocenters. The second kappa shape index (κ2) is 2.12. The Balaban J connectivity index is 2.23. The predicted molar refractivity (Wildman–Crippen MR) is 43.6 cm³/mol. The molecule has 0 heterocycles. The van der Waals surface area contributed by atoms with E-state index < -0.39 is 0 Å². The first-order valence-electron chi connectivity index (χ1n) is 3.90. The highest BCUT2D eigenvalue weighted by molar-refractivity contribution is 5.30. The maximum absolute atomic E-state index is 4.02. The Bertz CT molecular complexity index is 208. The molecule has 0 N–H and O–H groups in total. The van der Waals surface area contributed by atoms with Crippen LogP contribution in [0.1, 0.15) is 12.8 Å². The van der Waals surface area contributed by atoms with E-state index in [4.69, 9.17) is 0 Å². The molecule has 0 saturated carbocycles. The third kappa shape index (κ3) is 0.756. The summed E-state index contributed by atoms with van der Waals surface area (Å²) in [5, 5.41) is 0. The van der Waals surface area contributed by atoms with Crippen LogP contribution in [0, 0.1) is 11.8 Å². The summed E-state index contributed by atoms with van der Waals surface area (Å²) < 4.78 is 0. The van der Waals surface area contributed by atoms with E-state index >= 15 is 0 Å². The fourth-order valence-electron chi connectivity index (χ4n) is 1.85. The van der Waals surface area contributed by atoms with Gasteiger partial charge in [0.25, 0.3) is 0 Å². The van der Waals surface area contributed by atoms with Crippen LogP contribution in [-0.4, -0.2) is 0 Å². The van der Waals surface area contributed by atoms with Gasteiger partial charge in [-0.05, 0) is 24.7 Å². The molecule has 0 fully saturated rings. The fraction of sp³-hybridized carbons (Fsp3) is 0.400. The van der Waals surface area contributed by atoms with Crippen LogP contribution in [0.2, 0.25) is 0 Å². The third-order valence-corrected chi connectivity index (χ3v) is 2.52. The Morgan fingerprint density at radius 2 is 2.10 bits per heavy atom. The maximum Gasteiger partial charge on any atom is -0.00673 e. The molecule has 0 aliphatic heterocycles. The van der Waals surface area contributed by atoms with Gasteiger partial charge in [0, 0.05) is 0 Å². The zero-order chi connectivity index (χ0) is 6.97. The molecule has 2 atom stereocenters. The summed E-state index contributed by atoms with van der Waals surface area (Å²) in [5.41, 5.74) is 1.33. The van der Waals surface area contributed by atoms with Crippen LogP contribution in [0.15, 0.2) is 36.5 Å². The van der Waals surface area contributed by atoms with Crippen molar-refractivity contribution in [1.82, 2.24) is 0 Å².